The summed E-state index contributed by atoms with van der Waals surface area (Å²) in [5.74, 6) is 0.217. The zero-order valence-electron chi connectivity index (χ0n) is 15.4. The third-order valence-electron chi connectivity index (χ3n) is 3.78. The lowest BCUT2D eigenvalue weighted by molar-refractivity contribution is 0.587. The molecule has 2 rings (SSSR count). The van der Waals surface area contributed by atoms with Crippen LogP contribution in [0, 0.1) is 18.3 Å². The highest BCUT2D eigenvalue weighted by Crippen LogP contribution is 2.23. The number of anilines is 2. The first kappa shape index (κ1) is 20.3. The summed E-state index contributed by atoms with van der Waals surface area (Å²) in [7, 11) is -3.20. The third-order valence-corrected chi connectivity index (χ3v) is 4.51. The molecule has 0 aliphatic heterocycles. The van der Waals surface area contributed by atoms with Crippen molar-refractivity contribution in [2.75, 3.05) is 36.1 Å². The lowest BCUT2D eigenvalue weighted by atomic mass is 10.1. The van der Waals surface area contributed by atoms with E-state index >= 15 is 0 Å². The van der Waals surface area contributed by atoms with Gasteiger partial charge in [0.25, 0.3) is 0 Å². The first-order valence-electron chi connectivity index (χ1n) is 8.25. The van der Waals surface area contributed by atoms with Gasteiger partial charge in [-0.1, -0.05) is 0 Å². The zero-order valence-corrected chi connectivity index (χ0v) is 16.2. The number of allylic oxidation sites excluding steroid dienone is 1. The summed E-state index contributed by atoms with van der Waals surface area (Å²) in [5, 5.41) is 25.6. The molecule has 0 spiro atoms. The monoisotopic (exact) mass is 390 g/mol. The van der Waals surface area contributed by atoms with Gasteiger partial charge < -0.3 is 10.2 Å². The molecule has 0 amide bonds. The van der Waals surface area contributed by atoms with Crippen LogP contribution in [0.5, 0.6) is 0 Å². The number of likely N-dealkylation sites (N-methyl/N-ethyl adjacent to an activating group) is 1. The maximum absolute atomic E-state index is 11.2. The Morgan fingerprint density at radius 1 is 1.44 bits per heavy atom. The van der Waals surface area contributed by atoms with Gasteiger partial charge in [0, 0.05) is 37.2 Å². The summed E-state index contributed by atoms with van der Waals surface area (Å²) in [6, 6.07) is 7.86. The topological polar surface area (TPSA) is 140 Å². The summed E-state index contributed by atoms with van der Waals surface area (Å²) >= 11 is 0. The van der Waals surface area contributed by atoms with E-state index in [1.54, 1.807) is 0 Å². The summed E-state index contributed by atoms with van der Waals surface area (Å²) in [5.41, 5.74) is 3.05. The molecule has 0 atom stereocenters. The molecule has 1 aromatic heterocycles. The molecule has 0 saturated carbocycles. The number of nitriles is 1. The Hall–Kier alpha value is -2.97. The Morgan fingerprint density at radius 2 is 2.22 bits per heavy atom. The van der Waals surface area contributed by atoms with Crippen LogP contribution in [0.25, 0.3) is 5.57 Å². The minimum absolute atomic E-state index is 0.217. The van der Waals surface area contributed by atoms with Crippen LogP contribution in [-0.4, -0.2) is 54.9 Å². The minimum atomic E-state index is -3.20. The number of nitrogens with zero attached hydrogens (tertiary/aromatic N) is 5. The maximum atomic E-state index is 11.2. The van der Waals surface area contributed by atoms with Crippen LogP contribution >= 0.6 is 0 Å². The number of hydrogen-bond acceptors (Lipinski definition) is 8. The number of aryl methyl sites for hydroxylation is 1. The molecular formula is C16H22N8O2S. The third kappa shape index (κ3) is 6.05. The molecule has 0 bridgehead atoms. The normalized spacial score (nSPS) is 11.9. The van der Waals surface area contributed by atoms with Gasteiger partial charge >= 0.3 is 0 Å². The summed E-state index contributed by atoms with van der Waals surface area (Å²) in [6.07, 6.45) is 2.67. The number of aromatic nitrogens is 4. The number of benzene rings is 1. The van der Waals surface area contributed by atoms with E-state index < -0.39 is 10.0 Å². The Bertz CT molecular complexity index is 932. The second kappa shape index (κ2) is 9.11. The Balaban J connectivity index is 2.08. The molecular weight excluding hydrogens is 368 g/mol. The smallest absolute Gasteiger partial charge is 0.216 e. The van der Waals surface area contributed by atoms with Gasteiger partial charge in [-0.2, -0.15) is 10.5 Å². The Labute approximate surface area is 158 Å². The summed E-state index contributed by atoms with van der Waals surface area (Å²) < 4.78 is 24.9. The highest BCUT2D eigenvalue weighted by molar-refractivity contribution is 7.88. The largest absolute Gasteiger partial charge is 0.370 e. The van der Waals surface area contributed by atoms with E-state index in [1.165, 1.54) is 6.20 Å². The second-order valence-corrected chi connectivity index (χ2v) is 7.63. The molecule has 144 valence electrons. The first-order valence-corrected chi connectivity index (χ1v) is 10.1. The van der Waals surface area contributed by atoms with E-state index in [9.17, 15) is 13.7 Å². The van der Waals surface area contributed by atoms with E-state index in [2.05, 4.69) is 35.6 Å². The van der Waals surface area contributed by atoms with Gasteiger partial charge in [0.1, 0.15) is 11.6 Å². The van der Waals surface area contributed by atoms with Gasteiger partial charge in [-0.3, -0.25) is 0 Å². The molecule has 0 aliphatic carbocycles. The molecule has 0 aliphatic rings. The van der Waals surface area contributed by atoms with Crippen molar-refractivity contribution in [2.24, 2.45) is 0 Å². The fourth-order valence-electron chi connectivity index (χ4n) is 2.41. The van der Waals surface area contributed by atoms with Crippen molar-refractivity contribution in [1.29, 1.82) is 5.26 Å². The number of rotatable bonds is 9. The fraction of sp³-hybridized carbons (Fsp3) is 0.375. The van der Waals surface area contributed by atoms with Crippen molar-refractivity contribution in [3.8, 4) is 6.07 Å². The molecule has 1 heterocycles. The maximum Gasteiger partial charge on any atom is 0.216 e. The van der Waals surface area contributed by atoms with Gasteiger partial charge in [0.05, 0.1) is 6.26 Å². The molecule has 0 saturated heterocycles. The quantitative estimate of drug-likeness (QED) is 0.536. The van der Waals surface area contributed by atoms with Crippen molar-refractivity contribution in [3.63, 3.8) is 0 Å². The van der Waals surface area contributed by atoms with E-state index in [1.807, 2.05) is 38.1 Å². The van der Waals surface area contributed by atoms with Crippen LogP contribution in [-0.2, 0) is 10.0 Å². The number of nitrogens with one attached hydrogen (secondary N) is 3. The van der Waals surface area contributed by atoms with E-state index in [4.69, 9.17) is 0 Å². The van der Waals surface area contributed by atoms with Crippen LogP contribution in [0.2, 0.25) is 0 Å². The number of sulfonamides is 1. The predicted octanol–water partition coefficient (Wildman–Crippen LogP) is 0.860. The predicted molar refractivity (Wildman–Crippen MR) is 103 cm³/mol. The summed E-state index contributed by atoms with van der Waals surface area (Å²) in [4.78, 5) is 2.07. The van der Waals surface area contributed by atoms with Crippen molar-refractivity contribution in [1.82, 2.24) is 25.3 Å². The second-order valence-electron chi connectivity index (χ2n) is 5.79. The number of hydrogen-bond donors (Lipinski definition) is 3. The highest BCUT2D eigenvalue weighted by Gasteiger charge is 2.09. The van der Waals surface area contributed by atoms with Crippen molar-refractivity contribution < 1.29 is 8.42 Å². The van der Waals surface area contributed by atoms with Gasteiger partial charge in [-0.15, -0.1) is 10.2 Å². The van der Waals surface area contributed by atoms with Gasteiger partial charge in [0.15, 0.2) is 0 Å². The van der Waals surface area contributed by atoms with Crippen molar-refractivity contribution in [2.45, 2.75) is 13.8 Å². The number of tetrazole rings is 1. The molecule has 11 heteroatoms. The first-order chi connectivity index (χ1) is 12.8. The van der Waals surface area contributed by atoms with Gasteiger partial charge in [0.2, 0.25) is 15.8 Å². The molecule has 2 aromatic rings. The molecule has 1 aromatic carbocycles. The lowest BCUT2D eigenvalue weighted by Gasteiger charge is -2.24. The van der Waals surface area contributed by atoms with Crippen LogP contribution in [0.3, 0.4) is 0 Å². The minimum Gasteiger partial charge on any atom is -0.370 e. The highest BCUT2D eigenvalue weighted by atomic mass is 32.2. The van der Waals surface area contributed by atoms with Crippen LogP contribution in [0.4, 0.5) is 11.4 Å². The van der Waals surface area contributed by atoms with Crippen molar-refractivity contribution in [3.05, 3.63) is 35.8 Å². The van der Waals surface area contributed by atoms with Gasteiger partial charge in [-0.25, -0.2) is 13.1 Å². The molecule has 0 unspecified atom stereocenters. The number of H-pyrrole nitrogens is 1. The zero-order chi connectivity index (χ0) is 19.9. The number of aromatic amines is 1. The van der Waals surface area contributed by atoms with Crippen molar-refractivity contribution >= 4 is 27.0 Å². The summed E-state index contributed by atoms with van der Waals surface area (Å²) in [6.45, 7) is 5.60. The molecule has 3 N–H and O–H groups in total. The molecule has 27 heavy (non-hydrogen) atoms. The van der Waals surface area contributed by atoms with E-state index in [0.29, 0.717) is 13.1 Å². The van der Waals surface area contributed by atoms with Crippen LogP contribution in [0.15, 0.2) is 24.4 Å². The van der Waals surface area contributed by atoms with Crippen LogP contribution < -0.4 is 14.9 Å². The fourth-order valence-corrected chi connectivity index (χ4v) is 2.88. The Morgan fingerprint density at radius 3 is 2.78 bits per heavy atom. The van der Waals surface area contributed by atoms with Crippen LogP contribution in [0.1, 0.15) is 18.3 Å². The standard InChI is InChI=1S/C16H22N8O2S/c1-4-24(8-7-19-27(3,25)26)14-5-6-15(12(2)9-14)18-11-13(10-17)16-20-22-23-21-16/h5-6,9,11,18-19H,4,7-8H2,1-3H3,(H,20,21,22,23). The van der Waals surface area contributed by atoms with E-state index in [-0.39, 0.29) is 11.4 Å². The average molecular weight is 390 g/mol. The average Bonchev–Trinajstić information content (AvgIpc) is 3.14. The van der Waals surface area contributed by atoms with Gasteiger partial charge in [-0.05, 0) is 42.8 Å². The molecule has 10 nitrogen and oxygen atoms in total. The molecule has 0 radical (unpaired) electrons. The Kier molecular flexibility index (Phi) is 6.86. The SMILES string of the molecule is CCN(CCNS(C)(=O)=O)c1ccc(NC=C(C#N)c2nn[nH]n2)c(C)c1. The lowest BCUT2D eigenvalue weighted by Crippen LogP contribution is -2.34. The van der Waals surface area contributed by atoms with E-state index in [0.717, 1.165) is 29.7 Å². The molecule has 0 fully saturated rings.